The van der Waals surface area contributed by atoms with E-state index in [9.17, 15) is 18.7 Å². The van der Waals surface area contributed by atoms with Crippen molar-refractivity contribution in [2.75, 3.05) is 19.7 Å². The SMILES string of the molecule is CC1(O)CCCN(C(=O)COc2ccc(F)cc2F)C1. The lowest BCUT2D eigenvalue weighted by atomic mass is 9.95. The number of piperidine rings is 1. The van der Waals surface area contributed by atoms with Gasteiger partial charge in [-0.05, 0) is 31.9 Å². The number of rotatable bonds is 3. The molecule has 1 aliphatic rings. The highest BCUT2D eigenvalue weighted by atomic mass is 19.1. The highest BCUT2D eigenvalue weighted by Gasteiger charge is 2.31. The number of carbonyl (C=O) groups excluding carboxylic acids is 1. The number of aliphatic hydroxyl groups is 1. The Bertz CT molecular complexity index is 505. The molecular formula is C14H17F2NO3. The van der Waals surface area contributed by atoms with Crippen LogP contribution in [0.25, 0.3) is 0 Å². The second-order valence-corrected chi connectivity index (χ2v) is 5.28. The highest BCUT2D eigenvalue weighted by molar-refractivity contribution is 5.78. The topological polar surface area (TPSA) is 49.8 Å². The second-order valence-electron chi connectivity index (χ2n) is 5.28. The molecule has 1 atom stereocenters. The fraction of sp³-hybridized carbons (Fsp3) is 0.500. The van der Waals surface area contributed by atoms with Crippen molar-refractivity contribution in [1.29, 1.82) is 0 Å². The van der Waals surface area contributed by atoms with Crippen molar-refractivity contribution in [2.24, 2.45) is 0 Å². The van der Waals surface area contributed by atoms with Crippen molar-refractivity contribution in [3.63, 3.8) is 0 Å². The summed E-state index contributed by atoms with van der Waals surface area (Å²) < 4.78 is 31.1. The van der Waals surface area contributed by atoms with Crippen LogP contribution in [-0.2, 0) is 4.79 Å². The molecule has 1 heterocycles. The van der Waals surface area contributed by atoms with Gasteiger partial charge in [-0.3, -0.25) is 4.79 Å². The summed E-state index contributed by atoms with van der Waals surface area (Å²) in [6, 6.07) is 2.91. The number of carbonyl (C=O) groups is 1. The maximum Gasteiger partial charge on any atom is 0.260 e. The van der Waals surface area contributed by atoms with E-state index in [4.69, 9.17) is 4.74 Å². The summed E-state index contributed by atoms with van der Waals surface area (Å²) in [5.74, 6) is -2.03. The Labute approximate surface area is 116 Å². The molecule has 4 nitrogen and oxygen atoms in total. The number of ether oxygens (including phenoxy) is 1. The molecule has 1 N–H and O–H groups in total. The zero-order chi connectivity index (χ0) is 14.8. The summed E-state index contributed by atoms with van der Waals surface area (Å²) in [5.41, 5.74) is -0.894. The van der Waals surface area contributed by atoms with E-state index in [0.29, 0.717) is 25.5 Å². The third kappa shape index (κ3) is 3.66. The summed E-state index contributed by atoms with van der Waals surface area (Å²) in [6.45, 7) is 2.12. The van der Waals surface area contributed by atoms with E-state index in [0.717, 1.165) is 12.1 Å². The summed E-state index contributed by atoms with van der Waals surface area (Å²) in [5, 5.41) is 9.92. The average molecular weight is 285 g/mol. The Morgan fingerprint density at radius 2 is 2.25 bits per heavy atom. The molecule has 1 saturated heterocycles. The van der Waals surface area contributed by atoms with Crippen LogP contribution in [0.15, 0.2) is 18.2 Å². The maximum atomic E-state index is 13.3. The molecule has 0 radical (unpaired) electrons. The van der Waals surface area contributed by atoms with Crippen LogP contribution in [0.4, 0.5) is 8.78 Å². The van der Waals surface area contributed by atoms with Crippen LogP contribution in [0.2, 0.25) is 0 Å². The molecule has 1 unspecified atom stereocenters. The molecule has 2 rings (SSSR count). The van der Waals surface area contributed by atoms with E-state index in [1.54, 1.807) is 6.92 Å². The van der Waals surface area contributed by atoms with Gasteiger partial charge in [0.2, 0.25) is 0 Å². The molecule has 0 saturated carbocycles. The van der Waals surface area contributed by atoms with E-state index in [1.165, 1.54) is 4.90 Å². The zero-order valence-corrected chi connectivity index (χ0v) is 11.2. The van der Waals surface area contributed by atoms with Crippen molar-refractivity contribution in [1.82, 2.24) is 4.90 Å². The van der Waals surface area contributed by atoms with Crippen LogP contribution in [0, 0.1) is 11.6 Å². The third-order valence-corrected chi connectivity index (χ3v) is 3.27. The molecule has 6 heteroatoms. The minimum atomic E-state index is -0.894. The second kappa shape index (κ2) is 5.75. The lowest BCUT2D eigenvalue weighted by molar-refractivity contribution is -0.139. The van der Waals surface area contributed by atoms with E-state index < -0.39 is 17.2 Å². The Kier molecular flexibility index (Phi) is 4.23. The van der Waals surface area contributed by atoms with Crippen LogP contribution >= 0.6 is 0 Å². The third-order valence-electron chi connectivity index (χ3n) is 3.27. The average Bonchev–Trinajstić information content (AvgIpc) is 2.36. The number of hydrogen-bond acceptors (Lipinski definition) is 3. The predicted molar refractivity (Wildman–Crippen MR) is 68.3 cm³/mol. The maximum absolute atomic E-state index is 13.3. The normalized spacial score (nSPS) is 22.7. The van der Waals surface area contributed by atoms with E-state index in [2.05, 4.69) is 0 Å². The summed E-state index contributed by atoms with van der Waals surface area (Å²) in [4.78, 5) is 13.4. The molecule has 0 aromatic heterocycles. The van der Waals surface area contributed by atoms with Gasteiger partial charge in [0, 0.05) is 19.2 Å². The van der Waals surface area contributed by atoms with Gasteiger partial charge < -0.3 is 14.7 Å². The lowest BCUT2D eigenvalue weighted by Crippen LogP contribution is -2.49. The summed E-state index contributed by atoms with van der Waals surface area (Å²) in [7, 11) is 0. The van der Waals surface area contributed by atoms with Gasteiger partial charge in [0.05, 0.1) is 5.60 Å². The minimum Gasteiger partial charge on any atom is -0.481 e. The molecule has 0 bridgehead atoms. The number of nitrogens with zero attached hydrogens (tertiary/aromatic N) is 1. The van der Waals surface area contributed by atoms with Gasteiger partial charge in [0.1, 0.15) is 5.82 Å². The lowest BCUT2D eigenvalue weighted by Gasteiger charge is -2.36. The highest BCUT2D eigenvalue weighted by Crippen LogP contribution is 2.21. The number of β-amino-alcohol motifs (C(OH)–C–C–N with tert-alkyl or cyclic N) is 1. The fourth-order valence-corrected chi connectivity index (χ4v) is 2.26. The van der Waals surface area contributed by atoms with Gasteiger partial charge in [-0.25, -0.2) is 8.78 Å². The molecule has 20 heavy (non-hydrogen) atoms. The van der Waals surface area contributed by atoms with Gasteiger partial charge in [-0.1, -0.05) is 0 Å². The first-order valence-electron chi connectivity index (χ1n) is 6.45. The first-order chi connectivity index (χ1) is 9.37. The molecule has 1 fully saturated rings. The Balaban J connectivity index is 1.92. The number of halogens is 2. The predicted octanol–water partition coefficient (Wildman–Crippen LogP) is 1.72. The summed E-state index contributed by atoms with van der Waals surface area (Å²) in [6.07, 6.45) is 1.36. The molecule has 0 spiro atoms. The molecule has 0 aliphatic carbocycles. The quantitative estimate of drug-likeness (QED) is 0.920. The van der Waals surface area contributed by atoms with Crippen LogP contribution in [-0.4, -0.2) is 41.2 Å². The molecule has 1 aromatic rings. The van der Waals surface area contributed by atoms with Crippen molar-refractivity contribution >= 4 is 5.91 Å². The standard InChI is InChI=1S/C14H17F2NO3/c1-14(19)5-2-6-17(9-14)13(18)8-20-12-4-3-10(15)7-11(12)16/h3-4,7,19H,2,5-6,8-9H2,1H3. The number of amides is 1. The van der Waals surface area contributed by atoms with Crippen LogP contribution < -0.4 is 4.74 Å². The largest absolute Gasteiger partial charge is 0.481 e. The smallest absolute Gasteiger partial charge is 0.260 e. The van der Waals surface area contributed by atoms with Crippen molar-refractivity contribution in [3.05, 3.63) is 29.8 Å². The molecule has 110 valence electrons. The van der Waals surface area contributed by atoms with Crippen molar-refractivity contribution in [2.45, 2.75) is 25.4 Å². The van der Waals surface area contributed by atoms with Crippen molar-refractivity contribution < 1.29 is 23.4 Å². The number of hydrogen-bond donors (Lipinski definition) is 1. The zero-order valence-electron chi connectivity index (χ0n) is 11.2. The minimum absolute atomic E-state index is 0.163. The van der Waals surface area contributed by atoms with Gasteiger partial charge in [-0.2, -0.15) is 0 Å². The Hall–Kier alpha value is -1.69. The number of benzene rings is 1. The first-order valence-corrected chi connectivity index (χ1v) is 6.45. The van der Waals surface area contributed by atoms with E-state index >= 15 is 0 Å². The van der Waals surface area contributed by atoms with Crippen LogP contribution in [0.3, 0.4) is 0 Å². The van der Waals surface area contributed by atoms with Crippen molar-refractivity contribution in [3.8, 4) is 5.75 Å². The van der Waals surface area contributed by atoms with E-state index in [-0.39, 0.29) is 24.8 Å². The van der Waals surface area contributed by atoms with Crippen LogP contribution in [0.5, 0.6) is 5.75 Å². The molecule has 1 amide bonds. The molecule has 1 aliphatic heterocycles. The Morgan fingerprint density at radius 3 is 2.90 bits per heavy atom. The first kappa shape index (κ1) is 14.7. The molecular weight excluding hydrogens is 268 g/mol. The van der Waals surface area contributed by atoms with E-state index in [1.807, 2.05) is 0 Å². The number of likely N-dealkylation sites (tertiary alicyclic amines) is 1. The van der Waals surface area contributed by atoms with Gasteiger partial charge in [-0.15, -0.1) is 0 Å². The van der Waals surface area contributed by atoms with Gasteiger partial charge >= 0.3 is 0 Å². The monoisotopic (exact) mass is 285 g/mol. The summed E-state index contributed by atoms with van der Waals surface area (Å²) >= 11 is 0. The van der Waals surface area contributed by atoms with Gasteiger partial charge in [0.15, 0.2) is 18.2 Å². The fourth-order valence-electron chi connectivity index (χ4n) is 2.26. The van der Waals surface area contributed by atoms with Crippen LogP contribution in [0.1, 0.15) is 19.8 Å². The molecule has 1 aromatic carbocycles. The van der Waals surface area contributed by atoms with Gasteiger partial charge in [0.25, 0.3) is 5.91 Å². The Morgan fingerprint density at radius 1 is 1.50 bits per heavy atom.